The molecule has 2 amide bonds. The van der Waals surface area contributed by atoms with Crippen LogP contribution in [0.5, 0.6) is 5.75 Å². The number of nitrogens with zero attached hydrogens (tertiary/aromatic N) is 3. The number of carboxylic acid groups (broad SMARTS) is 1. The van der Waals surface area contributed by atoms with Crippen molar-refractivity contribution in [2.45, 2.75) is 46.1 Å². The van der Waals surface area contributed by atoms with Crippen molar-refractivity contribution in [3.63, 3.8) is 0 Å². The van der Waals surface area contributed by atoms with Crippen LogP contribution in [0.25, 0.3) is 0 Å². The van der Waals surface area contributed by atoms with Gasteiger partial charge in [-0.1, -0.05) is 11.6 Å². The molecular weight excluding hydrogens is 518 g/mol. The maximum absolute atomic E-state index is 13.8. The van der Waals surface area contributed by atoms with Gasteiger partial charge < -0.3 is 19.6 Å². The molecule has 0 unspecified atom stereocenters. The van der Waals surface area contributed by atoms with Crippen molar-refractivity contribution in [2.75, 3.05) is 23.0 Å². The second-order valence-corrected chi connectivity index (χ2v) is 10.7. The summed E-state index contributed by atoms with van der Waals surface area (Å²) >= 11 is 6.05. The molecule has 4 rings (SSSR count). The van der Waals surface area contributed by atoms with E-state index in [0.29, 0.717) is 40.6 Å². The fraction of sp³-hybridized carbons (Fsp3) is 0.333. The first-order valence-electron chi connectivity index (χ1n) is 12.8. The molecule has 2 atom stereocenters. The van der Waals surface area contributed by atoms with Crippen molar-refractivity contribution >= 4 is 40.8 Å². The number of aromatic nitrogens is 1. The Kier molecular flexibility index (Phi) is 8.25. The summed E-state index contributed by atoms with van der Waals surface area (Å²) in [5.74, 6) is -1.20. The van der Waals surface area contributed by atoms with Crippen LogP contribution in [-0.2, 0) is 9.59 Å². The zero-order chi connectivity index (χ0) is 28.3. The van der Waals surface area contributed by atoms with E-state index in [1.165, 1.54) is 0 Å². The van der Waals surface area contributed by atoms with E-state index in [-0.39, 0.29) is 24.5 Å². The van der Waals surface area contributed by atoms with E-state index < -0.39 is 17.3 Å². The SMILES string of the molecule is CCN(C(=O)[C@H]1C[C@H](C)N(C(=O)c2ccc(OCC(C)(C)C(=O)O)cc2)c2ccncc21)c1ccc(Cl)cc1. The van der Waals surface area contributed by atoms with Crippen LogP contribution in [0.2, 0.25) is 5.02 Å². The molecule has 1 aliphatic rings. The molecule has 2 heterocycles. The Morgan fingerprint density at radius 1 is 1.10 bits per heavy atom. The molecule has 1 aromatic heterocycles. The number of anilines is 2. The molecule has 39 heavy (non-hydrogen) atoms. The number of amides is 2. The van der Waals surface area contributed by atoms with Gasteiger partial charge in [-0.05, 0) is 88.7 Å². The fourth-order valence-electron chi connectivity index (χ4n) is 4.67. The van der Waals surface area contributed by atoms with Gasteiger partial charge in [0.25, 0.3) is 5.91 Å². The van der Waals surface area contributed by atoms with Crippen LogP contribution in [0.1, 0.15) is 56.0 Å². The van der Waals surface area contributed by atoms with Crippen molar-refractivity contribution < 1.29 is 24.2 Å². The number of carboxylic acids is 1. The van der Waals surface area contributed by atoms with Gasteiger partial charge in [-0.3, -0.25) is 19.4 Å². The average Bonchev–Trinajstić information content (AvgIpc) is 2.92. The Morgan fingerprint density at radius 2 is 1.77 bits per heavy atom. The van der Waals surface area contributed by atoms with E-state index in [9.17, 15) is 19.5 Å². The van der Waals surface area contributed by atoms with Gasteiger partial charge in [0.2, 0.25) is 5.91 Å². The van der Waals surface area contributed by atoms with E-state index in [1.54, 1.807) is 78.5 Å². The van der Waals surface area contributed by atoms with Crippen molar-refractivity contribution in [1.82, 2.24) is 4.98 Å². The van der Waals surface area contributed by atoms with Gasteiger partial charge in [0.05, 0.1) is 17.0 Å². The zero-order valence-corrected chi connectivity index (χ0v) is 23.2. The lowest BCUT2D eigenvalue weighted by Crippen LogP contribution is -2.47. The van der Waals surface area contributed by atoms with Crippen molar-refractivity contribution in [3.8, 4) is 5.75 Å². The zero-order valence-electron chi connectivity index (χ0n) is 22.4. The minimum atomic E-state index is -1.04. The van der Waals surface area contributed by atoms with E-state index in [4.69, 9.17) is 16.3 Å². The van der Waals surface area contributed by atoms with Gasteiger partial charge in [-0.2, -0.15) is 0 Å². The van der Waals surface area contributed by atoms with Crippen LogP contribution in [0.4, 0.5) is 11.4 Å². The molecule has 2 aromatic carbocycles. The molecule has 0 spiro atoms. The Bertz CT molecular complexity index is 1360. The van der Waals surface area contributed by atoms with Gasteiger partial charge in [0, 0.05) is 46.8 Å². The maximum Gasteiger partial charge on any atom is 0.312 e. The highest BCUT2D eigenvalue weighted by molar-refractivity contribution is 6.30. The molecule has 0 saturated carbocycles. The summed E-state index contributed by atoms with van der Waals surface area (Å²) < 4.78 is 5.64. The van der Waals surface area contributed by atoms with Crippen LogP contribution >= 0.6 is 11.6 Å². The quantitative estimate of drug-likeness (QED) is 0.381. The van der Waals surface area contributed by atoms with Crippen LogP contribution in [-0.4, -0.2) is 47.1 Å². The Balaban J connectivity index is 1.57. The molecule has 8 nitrogen and oxygen atoms in total. The van der Waals surface area contributed by atoms with Crippen molar-refractivity contribution in [3.05, 3.63) is 83.1 Å². The minimum Gasteiger partial charge on any atom is -0.492 e. The van der Waals surface area contributed by atoms with Gasteiger partial charge >= 0.3 is 5.97 Å². The fourth-order valence-corrected chi connectivity index (χ4v) is 4.80. The minimum absolute atomic E-state index is 0.000619. The van der Waals surface area contributed by atoms with E-state index in [0.717, 1.165) is 5.69 Å². The lowest BCUT2D eigenvalue weighted by Gasteiger charge is -2.40. The van der Waals surface area contributed by atoms with Crippen LogP contribution in [0.15, 0.2) is 67.0 Å². The third kappa shape index (κ3) is 5.91. The summed E-state index contributed by atoms with van der Waals surface area (Å²) in [5.41, 5.74) is 1.54. The number of rotatable bonds is 8. The molecule has 3 aromatic rings. The Hall–Kier alpha value is -3.91. The van der Waals surface area contributed by atoms with Crippen LogP contribution in [0, 0.1) is 5.41 Å². The van der Waals surface area contributed by atoms with Crippen molar-refractivity contribution in [1.29, 1.82) is 0 Å². The van der Waals surface area contributed by atoms with Crippen LogP contribution < -0.4 is 14.5 Å². The van der Waals surface area contributed by atoms with Gasteiger partial charge in [-0.15, -0.1) is 0 Å². The molecule has 1 aliphatic heterocycles. The second-order valence-electron chi connectivity index (χ2n) is 10.3. The number of benzene rings is 2. The molecular formula is C30H32ClN3O5. The number of likely N-dealkylation sites (N-methyl/N-ethyl adjacent to an activating group) is 1. The number of halogens is 1. The van der Waals surface area contributed by atoms with Crippen LogP contribution in [0.3, 0.4) is 0 Å². The van der Waals surface area contributed by atoms with Gasteiger partial charge in [0.1, 0.15) is 12.4 Å². The molecule has 0 saturated heterocycles. The summed E-state index contributed by atoms with van der Waals surface area (Å²) in [6.07, 6.45) is 3.73. The monoisotopic (exact) mass is 549 g/mol. The Labute approximate surface area is 233 Å². The smallest absolute Gasteiger partial charge is 0.312 e. The third-order valence-corrected chi connectivity index (χ3v) is 7.25. The number of hydrogen-bond donors (Lipinski definition) is 1. The number of pyridine rings is 1. The van der Waals surface area contributed by atoms with E-state index in [2.05, 4.69) is 4.98 Å². The summed E-state index contributed by atoms with van der Waals surface area (Å²) in [6.45, 7) is 7.52. The molecule has 0 radical (unpaired) electrons. The normalized spacial score (nSPS) is 16.8. The summed E-state index contributed by atoms with van der Waals surface area (Å²) in [7, 11) is 0. The van der Waals surface area contributed by atoms with Gasteiger partial charge in [0.15, 0.2) is 0 Å². The van der Waals surface area contributed by atoms with E-state index >= 15 is 0 Å². The highest BCUT2D eigenvalue weighted by Crippen LogP contribution is 2.40. The second kappa shape index (κ2) is 11.5. The molecule has 0 aliphatic carbocycles. The standard InChI is InChI=1S/C30H32ClN3O5/c1-5-33(22-10-8-21(31)9-11-22)28(36)24-16-19(2)34(26-14-15-32-17-25(24)26)27(35)20-6-12-23(13-7-20)39-18-30(3,4)29(37)38/h6-15,17,19,24H,5,16,18H2,1-4H3,(H,37,38)/t19-,24-/m0/s1. The predicted molar refractivity (Wildman–Crippen MR) is 151 cm³/mol. The van der Waals surface area contributed by atoms with Gasteiger partial charge in [-0.25, -0.2) is 0 Å². The Morgan fingerprint density at radius 3 is 2.38 bits per heavy atom. The number of ether oxygens (including phenoxy) is 1. The molecule has 204 valence electrons. The average molecular weight is 550 g/mol. The number of hydrogen-bond acceptors (Lipinski definition) is 5. The lowest BCUT2D eigenvalue weighted by molar-refractivity contribution is -0.148. The number of fused-ring (bicyclic) bond motifs is 1. The number of aliphatic carboxylic acids is 1. The molecule has 1 N–H and O–H groups in total. The number of carbonyl (C=O) groups is 3. The first kappa shape index (κ1) is 28.1. The third-order valence-electron chi connectivity index (χ3n) is 7.00. The topological polar surface area (TPSA) is 100 Å². The number of carbonyl (C=O) groups excluding carboxylic acids is 2. The summed E-state index contributed by atoms with van der Waals surface area (Å²) in [5, 5.41) is 9.89. The predicted octanol–water partition coefficient (Wildman–Crippen LogP) is 5.80. The highest BCUT2D eigenvalue weighted by atomic mass is 35.5. The molecule has 9 heteroatoms. The van der Waals surface area contributed by atoms with E-state index in [1.807, 2.05) is 26.0 Å². The molecule has 0 fully saturated rings. The first-order chi connectivity index (χ1) is 18.5. The first-order valence-corrected chi connectivity index (χ1v) is 13.2. The summed E-state index contributed by atoms with van der Waals surface area (Å²) in [6, 6.07) is 15.3. The lowest BCUT2D eigenvalue weighted by atomic mass is 9.85. The molecule has 0 bridgehead atoms. The van der Waals surface area contributed by atoms with Crippen molar-refractivity contribution in [2.24, 2.45) is 5.41 Å². The highest BCUT2D eigenvalue weighted by Gasteiger charge is 2.39. The largest absolute Gasteiger partial charge is 0.492 e. The summed E-state index contributed by atoms with van der Waals surface area (Å²) in [4.78, 5) is 46.5. The maximum atomic E-state index is 13.8.